The van der Waals surface area contributed by atoms with E-state index in [1.165, 1.54) is 6.42 Å². The number of hydrogen-bond donors (Lipinski definition) is 2. The average molecular weight is 268 g/mol. The topological polar surface area (TPSA) is 64.4 Å². The summed E-state index contributed by atoms with van der Waals surface area (Å²) >= 11 is 0. The van der Waals surface area contributed by atoms with Crippen molar-refractivity contribution in [2.45, 2.75) is 64.0 Å². The van der Waals surface area contributed by atoms with Crippen molar-refractivity contribution in [1.29, 1.82) is 0 Å². The number of amides is 1. The SMILES string of the molecule is CC1(C)CC(NC(=O)C2CCCC(CN)C2)CCO1. The highest BCUT2D eigenvalue weighted by Gasteiger charge is 2.32. The van der Waals surface area contributed by atoms with E-state index in [2.05, 4.69) is 19.2 Å². The lowest BCUT2D eigenvalue weighted by atomic mass is 9.80. The number of carbonyl (C=O) groups is 1. The Morgan fingerprint density at radius 1 is 1.37 bits per heavy atom. The van der Waals surface area contributed by atoms with Crippen LogP contribution < -0.4 is 11.1 Å². The van der Waals surface area contributed by atoms with Crippen LogP contribution in [0.3, 0.4) is 0 Å². The molecule has 0 aromatic rings. The molecule has 0 aromatic heterocycles. The van der Waals surface area contributed by atoms with Crippen LogP contribution in [0.2, 0.25) is 0 Å². The first kappa shape index (κ1) is 14.8. The molecule has 2 aliphatic rings. The van der Waals surface area contributed by atoms with Gasteiger partial charge in [-0.25, -0.2) is 0 Å². The Kier molecular flexibility index (Phi) is 4.85. The van der Waals surface area contributed by atoms with E-state index in [1.807, 2.05) is 0 Å². The van der Waals surface area contributed by atoms with Gasteiger partial charge in [0.15, 0.2) is 0 Å². The van der Waals surface area contributed by atoms with Crippen LogP contribution in [0.4, 0.5) is 0 Å². The van der Waals surface area contributed by atoms with Gasteiger partial charge in [0.1, 0.15) is 0 Å². The predicted octanol–water partition coefficient (Wildman–Crippen LogP) is 1.83. The van der Waals surface area contributed by atoms with Crippen LogP contribution >= 0.6 is 0 Å². The zero-order chi connectivity index (χ0) is 13.9. The Morgan fingerprint density at radius 3 is 2.84 bits per heavy atom. The molecule has 1 heterocycles. The van der Waals surface area contributed by atoms with E-state index < -0.39 is 0 Å². The molecule has 3 unspecified atom stereocenters. The van der Waals surface area contributed by atoms with Crippen molar-refractivity contribution >= 4 is 5.91 Å². The second-order valence-electron chi connectivity index (χ2n) is 6.77. The summed E-state index contributed by atoms with van der Waals surface area (Å²) in [6, 6.07) is 0.273. The largest absolute Gasteiger partial charge is 0.375 e. The smallest absolute Gasteiger partial charge is 0.223 e. The zero-order valence-electron chi connectivity index (χ0n) is 12.3. The first-order valence-corrected chi connectivity index (χ1v) is 7.64. The Bertz CT molecular complexity index is 317. The van der Waals surface area contributed by atoms with Crippen molar-refractivity contribution in [3.05, 3.63) is 0 Å². The summed E-state index contributed by atoms with van der Waals surface area (Å²) in [5, 5.41) is 3.23. The Hall–Kier alpha value is -0.610. The van der Waals surface area contributed by atoms with Crippen LogP contribution in [-0.4, -0.2) is 30.7 Å². The highest BCUT2D eigenvalue weighted by Crippen LogP contribution is 2.29. The molecule has 4 nitrogen and oxygen atoms in total. The molecular formula is C15H28N2O2. The lowest BCUT2D eigenvalue weighted by Crippen LogP contribution is -2.48. The predicted molar refractivity (Wildman–Crippen MR) is 75.7 cm³/mol. The summed E-state index contributed by atoms with van der Waals surface area (Å²) in [5.74, 6) is 0.949. The Labute approximate surface area is 116 Å². The van der Waals surface area contributed by atoms with Crippen molar-refractivity contribution in [3.8, 4) is 0 Å². The third-order valence-electron chi connectivity index (χ3n) is 4.53. The molecule has 1 aliphatic heterocycles. The van der Waals surface area contributed by atoms with Crippen molar-refractivity contribution in [2.24, 2.45) is 17.6 Å². The monoisotopic (exact) mass is 268 g/mol. The summed E-state index contributed by atoms with van der Waals surface area (Å²) < 4.78 is 5.69. The molecule has 0 aromatic carbocycles. The maximum absolute atomic E-state index is 12.3. The first-order valence-electron chi connectivity index (χ1n) is 7.64. The van der Waals surface area contributed by atoms with E-state index in [0.29, 0.717) is 12.5 Å². The fraction of sp³-hybridized carbons (Fsp3) is 0.933. The minimum Gasteiger partial charge on any atom is -0.375 e. The van der Waals surface area contributed by atoms with E-state index in [4.69, 9.17) is 10.5 Å². The van der Waals surface area contributed by atoms with E-state index in [9.17, 15) is 4.79 Å². The van der Waals surface area contributed by atoms with Crippen LogP contribution in [0.25, 0.3) is 0 Å². The van der Waals surface area contributed by atoms with Crippen molar-refractivity contribution in [2.75, 3.05) is 13.2 Å². The van der Waals surface area contributed by atoms with Crippen LogP contribution in [0, 0.1) is 11.8 Å². The van der Waals surface area contributed by atoms with E-state index >= 15 is 0 Å². The molecule has 1 aliphatic carbocycles. The lowest BCUT2D eigenvalue weighted by Gasteiger charge is -2.37. The van der Waals surface area contributed by atoms with Crippen LogP contribution in [0.15, 0.2) is 0 Å². The molecule has 0 bridgehead atoms. The molecule has 3 N–H and O–H groups in total. The van der Waals surface area contributed by atoms with Gasteiger partial charge in [-0.05, 0) is 58.4 Å². The van der Waals surface area contributed by atoms with Crippen molar-refractivity contribution in [3.63, 3.8) is 0 Å². The molecule has 4 heteroatoms. The molecule has 2 rings (SSSR count). The fourth-order valence-electron chi connectivity index (χ4n) is 3.42. The third kappa shape index (κ3) is 4.18. The normalized spacial score (nSPS) is 34.8. The fourth-order valence-corrected chi connectivity index (χ4v) is 3.42. The Balaban J connectivity index is 1.83. The van der Waals surface area contributed by atoms with E-state index in [1.54, 1.807) is 0 Å². The van der Waals surface area contributed by atoms with Crippen LogP contribution in [0.5, 0.6) is 0 Å². The van der Waals surface area contributed by atoms with Gasteiger partial charge in [0.25, 0.3) is 0 Å². The molecule has 2 fully saturated rings. The molecule has 110 valence electrons. The van der Waals surface area contributed by atoms with Gasteiger partial charge in [-0.3, -0.25) is 4.79 Å². The summed E-state index contributed by atoms with van der Waals surface area (Å²) in [6.07, 6.45) is 6.15. The minimum absolute atomic E-state index is 0.109. The van der Waals surface area contributed by atoms with E-state index in [0.717, 1.165) is 38.7 Å². The van der Waals surface area contributed by atoms with Gasteiger partial charge in [0.2, 0.25) is 5.91 Å². The number of rotatable bonds is 3. The minimum atomic E-state index is -0.109. The summed E-state index contributed by atoms with van der Waals surface area (Å²) in [5.41, 5.74) is 5.63. The van der Waals surface area contributed by atoms with Gasteiger partial charge in [0, 0.05) is 18.6 Å². The molecular weight excluding hydrogens is 240 g/mol. The van der Waals surface area contributed by atoms with Gasteiger partial charge >= 0.3 is 0 Å². The molecule has 1 saturated carbocycles. The zero-order valence-corrected chi connectivity index (χ0v) is 12.3. The van der Waals surface area contributed by atoms with Gasteiger partial charge < -0.3 is 15.8 Å². The van der Waals surface area contributed by atoms with Gasteiger partial charge in [-0.1, -0.05) is 6.42 Å². The summed E-state index contributed by atoms with van der Waals surface area (Å²) in [7, 11) is 0. The number of ether oxygens (including phenoxy) is 1. The van der Waals surface area contributed by atoms with Crippen molar-refractivity contribution < 1.29 is 9.53 Å². The molecule has 0 radical (unpaired) electrons. The number of carbonyl (C=O) groups excluding carboxylic acids is 1. The number of hydrogen-bond acceptors (Lipinski definition) is 3. The first-order chi connectivity index (χ1) is 9.00. The Morgan fingerprint density at radius 2 is 2.16 bits per heavy atom. The maximum atomic E-state index is 12.3. The van der Waals surface area contributed by atoms with Crippen molar-refractivity contribution in [1.82, 2.24) is 5.32 Å². The molecule has 19 heavy (non-hydrogen) atoms. The summed E-state index contributed by atoms with van der Waals surface area (Å²) in [6.45, 7) is 5.65. The van der Waals surface area contributed by atoms with Gasteiger partial charge in [-0.15, -0.1) is 0 Å². The average Bonchev–Trinajstić information content (AvgIpc) is 2.37. The number of nitrogens with two attached hydrogens (primary N) is 1. The lowest BCUT2D eigenvalue weighted by molar-refractivity contribution is -0.129. The highest BCUT2D eigenvalue weighted by molar-refractivity contribution is 5.79. The van der Waals surface area contributed by atoms with Crippen LogP contribution in [-0.2, 0) is 9.53 Å². The quantitative estimate of drug-likeness (QED) is 0.820. The molecule has 1 amide bonds. The standard InChI is InChI=1S/C15H28N2O2/c1-15(2)9-13(6-7-19-15)17-14(18)12-5-3-4-11(8-12)10-16/h11-13H,3-10,16H2,1-2H3,(H,17,18). The van der Waals surface area contributed by atoms with E-state index in [-0.39, 0.29) is 23.5 Å². The van der Waals surface area contributed by atoms with Gasteiger partial charge in [0.05, 0.1) is 5.60 Å². The second-order valence-corrected chi connectivity index (χ2v) is 6.77. The molecule has 0 spiro atoms. The second kappa shape index (κ2) is 6.23. The molecule has 1 saturated heterocycles. The van der Waals surface area contributed by atoms with Gasteiger partial charge in [-0.2, -0.15) is 0 Å². The summed E-state index contributed by atoms with van der Waals surface area (Å²) in [4.78, 5) is 12.3. The third-order valence-corrected chi connectivity index (χ3v) is 4.53. The molecule has 3 atom stereocenters. The number of nitrogens with one attached hydrogen (secondary N) is 1. The highest BCUT2D eigenvalue weighted by atomic mass is 16.5. The van der Waals surface area contributed by atoms with Crippen LogP contribution in [0.1, 0.15) is 52.4 Å². The maximum Gasteiger partial charge on any atom is 0.223 e.